The van der Waals surface area contributed by atoms with E-state index in [-0.39, 0.29) is 11.1 Å². The second-order valence-electron chi connectivity index (χ2n) is 4.57. The van der Waals surface area contributed by atoms with Crippen LogP contribution in [0.1, 0.15) is 18.9 Å². The van der Waals surface area contributed by atoms with Crippen molar-refractivity contribution in [3.63, 3.8) is 0 Å². The summed E-state index contributed by atoms with van der Waals surface area (Å²) in [6, 6.07) is 7.66. The minimum atomic E-state index is -0.688. The van der Waals surface area contributed by atoms with Gasteiger partial charge in [0.05, 0.1) is 5.56 Å². The van der Waals surface area contributed by atoms with Gasteiger partial charge in [-0.2, -0.15) is 0 Å². The molecule has 4 heteroatoms. The largest absolute Gasteiger partial charge is 0.313 e. The highest BCUT2D eigenvalue weighted by Crippen LogP contribution is 2.29. The summed E-state index contributed by atoms with van der Waals surface area (Å²) in [5.74, 6) is -1.89. The molecule has 0 saturated carbocycles. The van der Waals surface area contributed by atoms with Crippen LogP contribution in [0, 0.1) is 17.5 Å². The van der Waals surface area contributed by atoms with E-state index in [2.05, 4.69) is 5.32 Å². The van der Waals surface area contributed by atoms with E-state index in [9.17, 15) is 13.2 Å². The Hall–Kier alpha value is -1.81. The molecular weight excluding hydrogens is 263 g/mol. The van der Waals surface area contributed by atoms with Gasteiger partial charge in [-0.1, -0.05) is 19.1 Å². The van der Waals surface area contributed by atoms with Crippen LogP contribution in [0.2, 0.25) is 0 Å². The zero-order chi connectivity index (χ0) is 14.5. The highest BCUT2D eigenvalue weighted by molar-refractivity contribution is 5.68. The number of hydrogen-bond acceptors (Lipinski definition) is 1. The van der Waals surface area contributed by atoms with Gasteiger partial charge in [-0.05, 0) is 48.4 Å². The highest BCUT2D eigenvalue weighted by atomic mass is 19.1. The summed E-state index contributed by atoms with van der Waals surface area (Å²) in [5, 5.41) is 3.15. The van der Waals surface area contributed by atoms with Gasteiger partial charge >= 0.3 is 0 Å². The standard InChI is InChI=1S/C16H16F3N/c1-2-8-20-10-11-6-7-12(17)9-13(11)16-14(18)4-3-5-15(16)19/h3-7,9,20H,2,8,10H2,1H3. The molecule has 2 aromatic carbocycles. The van der Waals surface area contributed by atoms with Crippen molar-refractivity contribution in [1.82, 2.24) is 5.32 Å². The molecule has 0 heterocycles. The van der Waals surface area contributed by atoms with Gasteiger partial charge in [-0.15, -0.1) is 0 Å². The molecule has 0 aliphatic rings. The van der Waals surface area contributed by atoms with E-state index in [1.54, 1.807) is 6.07 Å². The summed E-state index contributed by atoms with van der Waals surface area (Å²) < 4.78 is 41.1. The van der Waals surface area contributed by atoms with Gasteiger partial charge in [0, 0.05) is 6.54 Å². The first-order valence-electron chi connectivity index (χ1n) is 6.57. The Morgan fingerprint density at radius 3 is 2.35 bits per heavy atom. The molecule has 0 atom stereocenters. The average molecular weight is 279 g/mol. The Kier molecular flexibility index (Phi) is 4.79. The van der Waals surface area contributed by atoms with Gasteiger partial charge in [0.2, 0.25) is 0 Å². The van der Waals surface area contributed by atoms with Gasteiger partial charge in [0.15, 0.2) is 0 Å². The molecule has 106 valence electrons. The maximum absolute atomic E-state index is 13.9. The predicted molar refractivity (Wildman–Crippen MR) is 73.7 cm³/mol. The van der Waals surface area contributed by atoms with Gasteiger partial charge in [-0.3, -0.25) is 0 Å². The number of nitrogens with one attached hydrogen (secondary N) is 1. The molecule has 0 aromatic heterocycles. The van der Waals surface area contributed by atoms with Gasteiger partial charge in [-0.25, -0.2) is 13.2 Å². The molecule has 1 nitrogen and oxygen atoms in total. The SMILES string of the molecule is CCCNCc1ccc(F)cc1-c1c(F)cccc1F. The van der Waals surface area contributed by atoms with E-state index in [0.717, 1.165) is 13.0 Å². The first kappa shape index (κ1) is 14.6. The third kappa shape index (κ3) is 3.20. The maximum Gasteiger partial charge on any atom is 0.133 e. The molecule has 0 aliphatic carbocycles. The van der Waals surface area contributed by atoms with E-state index < -0.39 is 17.5 Å². The second-order valence-corrected chi connectivity index (χ2v) is 4.57. The van der Waals surface area contributed by atoms with Crippen LogP contribution in [0.15, 0.2) is 36.4 Å². The molecule has 2 rings (SSSR count). The molecule has 0 unspecified atom stereocenters. The molecule has 0 amide bonds. The summed E-state index contributed by atoms with van der Waals surface area (Å²) in [4.78, 5) is 0. The topological polar surface area (TPSA) is 12.0 Å². The Bertz CT molecular complexity index is 576. The van der Waals surface area contributed by atoms with Crippen LogP contribution in [-0.2, 0) is 6.54 Å². The van der Waals surface area contributed by atoms with Crippen molar-refractivity contribution in [2.24, 2.45) is 0 Å². The summed E-state index contributed by atoms with van der Waals surface area (Å²) in [7, 11) is 0. The van der Waals surface area contributed by atoms with Crippen molar-refractivity contribution < 1.29 is 13.2 Å². The van der Waals surface area contributed by atoms with E-state index in [0.29, 0.717) is 12.1 Å². The Balaban J connectivity index is 2.46. The first-order chi connectivity index (χ1) is 9.63. The van der Waals surface area contributed by atoms with Gasteiger partial charge in [0.25, 0.3) is 0 Å². The van der Waals surface area contributed by atoms with Gasteiger partial charge in [0.1, 0.15) is 17.5 Å². The Labute approximate surface area is 116 Å². The minimum absolute atomic E-state index is 0.180. The average Bonchev–Trinajstić information content (AvgIpc) is 2.41. The fourth-order valence-electron chi connectivity index (χ4n) is 2.09. The fraction of sp³-hybridized carbons (Fsp3) is 0.250. The van der Waals surface area contributed by atoms with Crippen molar-refractivity contribution >= 4 is 0 Å². The number of benzene rings is 2. The monoisotopic (exact) mass is 279 g/mol. The molecule has 0 aliphatic heterocycles. The second kappa shape index (κ2) is 6.57. The molecule has 0 saturated heterocycles. The van der Waals surface area contributed by atoms with Crippen molar-refractivity contribution in [1.29, 1.82) is 0 Å². The third-order valence-corrected chi connectivity index (χ3v) is 3.05. The summed E-state index contributed by atoms with van der Waals surface area (Å²) in [6.45, 7) is 3.25. The fourth-order valence-corrected chi connectivity index (χ4v) is 2.09. The molecule has 1 N–H and O–H groups in total. The minimum Gasteiger partial charge on any atom is -0.313 e. The van der Waals surface area contributed by atoms with Crippen LogP contribution in [0.4, 0.5) is 13.2 Å². The number of halogens is 3. The Morgan fingerprint density at radius 2 is 1.70 bits per heavy atom. The van der Waals surface area contributed by atoms with Crippen LogP contribution < -0.4 is 5.32 Å². The molecular formula is C16H16F3N. The third-order valence-electron chi connectivity index (χ3n) is 3.05. The molecule has 0 fully saturated rings. The molecule has 0 radical (unpaired) electrons. The Morgan fingerprint density at radius 1 is 1.00 bits per heavy atom. The summed E-state index contributed by atoms with van der Waals surface area (Å²) in [5.41, 5.74) is 0.744. The normalized spacial score (nSPS) is 10.8. The van der Waals surface area contributed by atoms with Crippen molar-refractivity contribution in [3.05, 3.63) is 59.4 Å². The van der Waals surface area contributed by atoms with Crippen LogP contribution in [0.5, 0.6) is 0 Å². The van der Waals surface area contributed by atoms with E-state index in [1.165, 1.54) is 30.3 Å². The van der Waals surface area contributed by atoms with Crippen LogP contribution in [0.25, 0.3) is 11.1 Å². The van der Waals surface area contributed by atoms with Crippen LogP contribution in [-0.4, -0.2) is 6.54 Å². The quantitative estimate of drug-likeness (QED) is 0.806. The molecule has 2 aromatic rings. The lowest BCUT2D eigenvalue weighted by atomic mass is 9.98. The van der Waals surface area contributed by atoms with E-state index in [1.807, 2.05) is 6.92 Å². The lowest BCUT2D eigenvalue weighted by Gasteiger charge is -2.12. The summed E-state index contributed by atoms with van der Waals surface area (Å²) >= 11 is 0. The maximum atomic E-state index is 13.9. The van der Waals surface area contributed by atoms with E-state index in [4.69, 9.17) is 0 Å². The predicted octanol–water partition coefficient (Wildman–Crippen LogP) is 4.27. The molecule has 0 spiro atoms. The summed E-state index contributed by atoms with van der Waals surface area (Å²) in [6.07, 6.45) is 0.949. The lowest BCUT2D eigenvalue weighted by Crippen LogP contribution is -2.14. The molecule has 20 heavy (non-hydrogen) atoms. The van der Waals surface area contributed by atoms with Crippen molar-refractivity contribution in [3.8, 4) is 11.1 Å². The smallest absolute Gasteiger partial charge is 0.133 e. The van der Waals surface area contributed by atoms with Crippen molar-refractivity contribution in [2.75, 3.05) is 6.54 Å². The van der Waals surface area contributed by atoms with E-state index >= 15 is 0 Å². The van der Waals surface area contributed by atoms with Gasteiger partial charge < -0.3 is 5.32 Å². The van der Waals surface area contributed by atoms with Crippen LogP contribution in [0.3, 0.4) is 0 Å². The zero-order valence-corrected chi connectivity index (χ0v) is 11.2. The van der Waals surface area contributed by atoms with Crippen molar-refractivity contribution in [2.45, 2.75) is 19.9 Å². The zero-order valence-electron chi connectivity index (χ0n) is 11.2. The van der Waals surface area contributed by atoms with Crippen LogP contribution >= 0.6 is 0 Å². The first-order valence-corrected chi connectivity index (χ1v) is 6.57. The lowest BCUT2D eigenvalue weighted by molar-refractivity contribution is 0.587. The number of hydrogen-bond donors (Lipinski definition) is 1. The number of rotatable bonds is 5. The molecule has 0 bridgehead atoms. The highest BCUT2D eigenvalue weighted by Gasteiger charge is 2.15.